The van der Waals surface area contributed by atoms with Gasteiger partial charge in [0, 0.05) is 24.4 Å². The molecule has 0 amide bonds. The SMILES string of the molecule is c1ccc(CCN2CCN=C2C2CC2(c2ccccc2)c2ccccc2)cc1. The smallest absolute Gasteiger partial charge is 0.103 e. The highest BCUT2D eigenvalue weighted by Crippen LogP contribution is 2.60. The molecule has 140 valence electrons. The van der Waals surface area contributed by atoms with Crippen LogP contribution in [-0.2, 0) is 11.8 Å². The predicted molar refractivity (Wildman–Crippen MR) is 116 cm³/mol. The maximum Gasteiger partial charge on any atom is 0.103 e. The maximum atomic E-state index is 4.98. The van der Waals surface area contributed by atoms with Gasteiger partial charge in [0.25, 0.3) is 0 Å². The molecule has 28 heavy (non-hydrogen) atoms. The van der Waals surface area contributed by atoms with Gasteiger partial charge in [0.1, 0.15) is 5.84 Å². The average molecular weight is 367 g/mol. The van der Waals surface area contributed by atoms with Crippen LogP contribution in [0.3, 0.4) is 0 Å². The zero-order valence-electron chi connectivity index (χ0n) is 16.2. The minimum absolute atomic E-state index is 0.0800. The molecule has 0 N–H and O–H groups in total. The molecule has 2 nitrogen and oxygen atoms in total. The van der Waals surface area contributed by atoms with E-state index in [1.807, 2.05) is 0 Å². The molecular formula is C26H26N2. The molecule has 1 unspecified atom stereocenters. The number of amidine groups is 1. The van der Waals surface area contributed by atoms with Crippen LogP contribution in [-0.4, -0.2) is 30.4 Å². The van der Waals surface area contributed by atoms with Crippen molar-refractivity contribution in [1.82, 2.24) is 4.90 Å². The van der Waals surface area contributed by atoms with Crippen molar-refractivity contribution in [1.29, 1.82) is 0 Å². The van der Waals surface area contributed by atoms with Gasteiger partial charge in [0.15, 0.2) is 0 Å². The van der Waals surface area contributed by atoms with Crippen LogP contribution in [0.5, 0.6) is 0 Å². The maximum absolute atomic E-state index is 4.98. The summed E-state index contributed by atoms with van der Waals surface area (Å²) in [5, 5.41) is 0. The Labute approximate surface area is 167 Å². The molecule has 2 aliphatic rings. The zero-order valence-corrected chi connectivity index (χ0v) is 16.2. The third-order valence-electron chi connectivity index (χ3n) is 6.33. The van der Waals surface area contributed by atoms with E-state index in [1.54, 1.807) is 0 Å². The number of benzene rings is 3. The van der Waals surface area contributed by atoms with E-state index in [1.165, 1.54) is 22.5 Å². The molecule has 1 heterocycles. The Morgan fingerprint density at radius 2 is 1.36 bits per heavy atom. The number of hydrogen-bond donors (Lipinski definition) is 0. The Kier molecular flexibility index (Phi) is 4.48. The molecule has 0 radical (unpaired) electrons. The summed E-state index contributed by atoms with van der Waals surface area (Å²) in [6.07, 6.45) is 2.23. The molecule has 1 aliphatic heterocycles. The van der Waals surface area contributed by atoms with Crippen molar-refractivity contribution >= 4 is 5.84 Å². The van der Waals surface area contributed by atoms with Crippen LogP contribution < -0.4 is 0 Å². The number of rotatable bonds is 6. The Hall–Kier alpha value is -2.87. The monoisotopic (exact) mass is 366 g/mol. The second-order valence-corrected chi connectivity index (χ2v) is 7.92. The lowest BCUT2D eigenvalue weighted by Crippen LogP contribution is -2.33. The highest BCUT2D eigenvalue weighted by Gasteiger charge is 2.60. The molecule has 0 bridgehead atoms. The van der Waals surface area contributed by atoms with Gasteiger partial charge in [-0.25, -0.2) is 0 Å². The third-order valence-corrected chi connectivity index (χ3v) is 6.33. The summed E-state index contributed by atoms with van der Waals surface area (Å²) in [6.45, 7) is 3.04. The molecule has 2 heteroatoms. The van der Waals surface area contributed by atoms with Gasteiger partial charge in [-0.15, -0.1) is 0 Å². The minimum atomic E-state index is 0.0800. The van der Waals surface area contributed by atoms with Crippen LogP contribution in [0.4, 0.5) is 0 Å². The number of aliphatic imine (C=N–C) groups is 1. The topological polar surface area (TPSA) is 15.6 Å². The molecule has 3 aromatic carbocycles. The van der Waals surface area contributed by atoms with Crippen molar-refractivity contribution in [2.24, 2.45) is 10.9 Å². The van der Waals surface area contributed by atoms with E-state index in [0.29, 0.717) is 5.92 Å². The molecule has 0 spiro atoms. The second-order valence-electron chi connectivity index (χ2n) is 7.92. The van der Waals surface area contributed by atoms with Crippen molar-refractivity contribution < 1.29 is 0 Å². The van der Waals surface area contributed by atoms with E-state index in [4.69, 9.17) is 4.99 Å². The van der Waals surface area contributed by atoms with E-state index < -0.39 is 0 Å². The van der Waals surface area contributed by atoms with E-state index in [-0.39, 0.29) is 5.41 Å². The second kappa shape index (κ2) is 7.27. The Balaban J connectivity index is 1.41. The lowest BCUT2D eigenvalue weighted by atomic mass is 9.85. The predicted octanol–water partition coefficient (Wildman–Crippen LogP) is 4.95. The highest BCUT2D eigenvalue weighted by atomic mass is 15.2. The third kappa shape index (κ3) is 3.03. The van der Waals surface area contributed by atoms with Crippen molar-refractivity contribution in [2.75, 3.05) is 19.6 Å². The quantitative estimate of drug-likeness (QED) is 0.603. The van der Waals surface area contributed by atoms with Gasteiger partial charge in [0.05, 0.1) is 6.54 Å². The van der Waals surface area contributed by atoms with E-state index in [9.17, 15) is 0 Å². The Bertz CT molecular complexity index is 908. The van der Waals surface area contributed by atoms with Gasteiger partial charge in [-0.1, -0.05) is 91.0 Å². The van der Waals surface area contributed by atoms with Crippen molar-refractivity contribution in [3.63, 3.8) is 0 Å². The van der Waals surface area contributed by atoms with E-state index in [2.05, 4.69) is 95.9 Å². The van der Waals surface area contributed by atoms with Crippen LogP contribution in [0.2, 0.25) is 0 Å². The molecule has 1 atom stereocenters. The fraction of sp³-hybridized carbons (Fsp3) is 0.269. The van der Waals surface area contributed by atoms with E-state index >= 15 is 0 Å². The van der Waals surface area contributed by atoms with Crippen molar-refractivity contribution in [3.8, 4) is 0 Å². The molecule has 0 saturated heterocycles. The van der Waals surface area contributed by atoms with Crippen molar-refractivity contribution in [2.45, 2.75) is 18.3 Å². The normalized spacial score (nSPS) is 20.1. The molecule has 0 aromatic heterocycles. The van der Waals surface area contributed by atoms with Gasteiger partial charge in [-0.3, -0.25) is 4.99 Å². The first-order chi connectivity index (χ1) is 13.9. The van der Waals surface area contributed by atoms with Gasteiger partial charge in [-0.2, -0.15) is 0 Å². The summed E-state index contributed by atoms with van der Waals surface area (Å²) in [6, 6.07) is 32.8. The van der Waals surface area contributed by atoms with Gasteiger partial charge in [-0.05, 0) is 29.5 Å². The summed E-state index contributed by atoms with van der Waals surface area (Å²) < 4.78 is 0. The summed E-state index contributed by atoms with van der Waals surface area (Å²) >= 11 is 0. The minimum Gasteiger partial charge on any atom is -0.358 e. The largest absolute Gasteiger partial charge is 0.358 e. The first-order valence-electron chi connectivity index (χ1n) is 10.3. The fourth-order valence-electron chi connectivity index (χ4n) is 4.82. The van der Waals surface area contributed by atoms with Crippen LogP contribution in [0.1, 0.15) is 23.1 Å². The zero-order chi connectivity index (χ0) is 18.8. The average Bonchev–Trinajstić information content (AvgIpc) is 3.36. The fourth-order valence-corrected chi connectivity index (χ4v) is 4.82. The van der Waals surface area contributed by atoms with Crippen LogP contribution in [0.15, 0.2) is 96.0 Å². The number of hydrogen-bond acceptors (Lipinski definition) is 2. The molecule has 3 aromatic rings. The number of nitrogens with zero attached hydrogens (tertiary/aromatic N) is 2. The summed E-state index contributed by atoms with van der Waals surface area (Å²) in [7, 11) is 0. The summed E-state index contributed by atoms with van der Waals surface area (Å²) in [5.41, 5.74) is 4.33. The Morgan fingerprint density at radius 3 is 1.96 bits per heavy atom. The first kappa shape index (κ1) is 17.2. The summed E-state index contributed by atoms with van der Waals surface area (Å²) in [4.78, 5) is 7.51. The lowest BCUT2D eigenvalue weighted by molar-refractivity contribution is 0.448. The standard InChI is InChI=1S/C26H26N2/c1-4-10-21(11-5-1)16-18-28-19-17-27-25(28)24-20-26(24,22-12-6-2-7-13-22)23-14-8-3-9-15-23/h1-15,24H,16-20H2. The van der Waals surface area contributed by atoms with Crippen LogP contribution in [0, 0.1) is 5.92 Å². The lowest BCUT2D eigenvalue weighted by Gasteiger charge is -2.24. The van der Waals surface area contributed by atoms with Gasteiger partial charge < -0.3 is 4.90 Å². The first-order valence-corrected chi connectivity index (χ1v) is 10.3. The summed E-state index contributed by atoms with van der Waals surface area (Å²) in [5.74, 6) is 1.80. The highest BCUT2D eigenvalue weighted by molar-refractivity contribution is 5.92. The van der Waals surface area contributed by atoms with E-state index in [0.717, 1.165) is 32.5 Å². The van der Waals surface area contributed by atoms with Gasteiger partial charge >= 0.3 is 0 Å². The van der Waals surface area contributed by atoms with Gasteiger partial charge in [0.2, 0.25) is 0 Å². The molecular weight excluding hydrogens is 340 g/mol. The molecule has 1 fully saturated rings. The van der Waals surface area contributed by atoms with Crippen molar-refractivity contribution in [3.05, 3.63) is 108 Å². The van der Waals surface area contributed by atoms with Crippen LogP contribution >= 0.6 is 0 Å². The Morgan fingerprint density at radius 1 is 0.786 bits per heavy atom. The van der Waals surface area contributed by atoms with Crippen LogP contribution in [0.25, 0.3) is 0 Å². The molecule has 5 rings (SSSR count). The molecule has 1 aliphatic carbocycles. The molecule has 1 saturated carbocycles.